The fraction of sp³-hybridized carbons (Fsp3) is 0.526. The minimum atomic E-state index is 0.181. The Labute approximate surface area is 134 Å². The van der Waals surface area contributed by atoms with Crippen LogP contribution in [0.4, 0.5) is 0 Å². The van der Waals surface area contributed by atoms with Crippen molar-refractivity contribution in [3.63, 3.8) is 0 Å². The maximum absolute atomic E-state index is 13.0. The molecule has 0 aliphatic carbocycles. The zero-order chi connectivity index (χ0) is 15.9. The van der Waals surface area contributed by atoms with E-state index in [0.717, 1.165) is 56.5 Å². The Morgan fingerprint density at radius 2 is 1.77 bits per heavy atom. The summed E-state index contributed by atoms with van der Waals surface area (Å²) in [5, 5.41) is 0. The average Bonchev–Trinajstić information content (AvgIpc) is 2.53. The predicted octanol–water partition coefficient (Wildman–Crippen LogP) is 3.90. The molecule has 1 aliphatic rings. The second kappa shape index (κ2) is 8.02. The number of carbonyl (C=O) groups excluding carboxylic acids is 1. The molecule has 0 unspecified atom stereocenters. The van der Waals surface area contributed by atoms with E-state index in [0.29, 0.717) is 0 Å². The van der Waals surface area contributed by atoms with Crippen molar-refractivity contribution in [2.45, 2.75) is 46.1 Å². The Bertz CT molecular complexity index is 528. The number of fused-ring (bicyclic) bond motifs is 1. The van der Waals surface area contributed by atoms with E-state index in [2.05, 4.69) is 30.9 Å². The molecule has 0 spiro atoms. The van der Waals surface area contributed by atoms with Crippen LogP contribution in [-0.2, 0) is 11.3 Å². The minimum absolute atomic E-state index is 0.181. The van der Waals surface area contributed by atoms with Crippen LogP contribution in [0.25, 0.3) is 5.57 Å². The Morgan fingerprint density at radius 1 is 1.14 bits per heavy atom. The number of unbranched alkanes of at least 4 members (excludes halogenated alkanes) is 2. The van der Waals surface area contributed by atoms with E-state index in [1.807, 2.05) is 30.3 Å². The van der Waals surface area contributed by atoms with Crippen LogP contribution in [0, 0.1) is 0 Å². The number of amides is 1. The van der Waals surface area contributed by atoms with Gasteiger partial charge in [0.1, 0.15) is 0 Å². The molecule has 0 bridgehead atoms. The second-order valence-corrected chi connectivity index (χ2v) is 6.11. The van der Waals surface area contributed by atoms with E-state index in [1.165, 1.54) is 5.56 Å². The van der Waals surface area contributed by atoms with E-state index in [-0.39, 0.29) is 5.91 Å². The first-order chi connectivity index (χ1) is 10.7. The van der Waals surface area contributed by atoms with Gasteiger partial charge in [0, 0.05) is 32.9 Å². The van der Waals surface area contributed by atoms with Crippen molar-refractivity contribution < 1.29 is 4.79 Å². The highest BCUT2D eigenvalue weighted by Gasteiger charge is 2.24. The van der Waals surface area contributed by atoms with Gasteiger partial charge in [-0.3, -0.25) is 4.79 Å². The highest BCUT2D eigenvalue weighted by molar-refractivity contribution is 6.20. The molecule has 0 fully saturated rings. The molecule has 3 heteroatoms. The number of rotatable bonds is 7. The molecule has 120 valence electrons. The first-order valence-corrected chi connectivity index (χ1v) is 8.47. The van der Waals surface area contributed by atoms with Crippen LogP contribution in [0.3, 0.4) is 0 Å². The van der Waals surface area contributed by atoms with Gasteiger partial charge in [0.15, 0.2) is 0 Å². The molecular formula is C19H28N2O. The maximum atomic E-state index is 13.0. The number of hydrogen-bond donors (Lipinski definition) is 0. The molecule has 1 heterocycles. The zero-order valence-electron chi connectivity index (χ0n) is 14.1. The van der Waals surface area contributed by atoms with Gasteiger partial charge in [-0.15, -0.1) is 0 Å². The van der Waals surface area contributed by atoms with Crippen LogP contribution < -0.4 is 0 Å². The third kappa shape index (κ3) is 3.90. The fourth-order valence-electron chi connectivity index (χ4n) is 2.88. The summed E-state index contributed by atoms with van der Waals surface area (Å²) in [6.45, 7) is 6.94. The van der Waals surface area contributed by atoms with Crippen LogP contribution in [0.15, 0.2) is 30.5 Å². The minimum Gasteiger partial charge on any atom is -0.375 e. The van der Waals surface area contributed by atoms with Gasteiger partial charge in [0.2, 0.25) is 0 Å². The van der Waals surface area contributed by atoms with Crippen LogP contribution in [0.2, 0.25) is 0 Å². The number of benzene rings is 1. The van der Waals surface area contributed by atoms with Crippen molar-refractivity contribution in [3.8, 4) is 0 Å². The van der Waals surface area contributed by atoms with Crippen molar-refractivity contribution >= 4 is 11.5 Å². The Morgan fingerprint density at radius 3 is 2.41 bits per heavy atom. The predicted molar refractivity (Wildman–Crippen MR) is 92.3 cm³/mol. The van der Waals surface area contributed by atoms with E-state index in [9.17, 15) is 4.79 Å². The first-order valence-electron chi connectivity index (χ1n) is 8.47. The molecule has 0 atom stereocenters. The second-order valence-electron chi connectivity index (χ2n) is 6.11. The quantitative estimate of drug-likeness (QED) is 0.762. The van der Waals surface area contributed by atoms with Gasteiger partial charge in [-0.05, 0) is 24.0 Å². The van der Waals surface area contributed by atoms with Crippen molar-refractivity contribution in [2.75, 3.05) is 20.1 Å². The van der Waals surface area contributed by atoms with Gasteiger partial charge in [-0.1, -0.05) is 51.0 Å². The van der Waals surface area contributed by atoms with Crippen LogP contribution in [-0.4, -0.2) is 35.8 Å². The lowest BCUT2D eigenvalue weighted by Crippen LogP contribution is -2.35. The van der Waals surface area contributed by atoms with Gasteiger partial charge < -0.3 is 9.80 Å². The highest BCUT2D eigenvalue weighted by atomic mass is 16.2. The number of hydrogen-bond acceptors (Lipinski definition) is 2. The maximum Gasteiger partial charge on any atom is 0.255 e. The number of carbonyl (C=O) groups is 1. The molecule has 0 N–H and O–H groups in total. The van der Waals surface area contributed by atoms with Crippen molar-refractivity contribution in [1.29, 1.82) is 0 Å². The van der Waals surface area contributed by atoms with E-state index in [4.69, 9.17) is 0 Å². The van der Waals surface area contributed by atoms with Crippen molar-refractivity contribution in [3.05, 3.63) is 41.6 Å². The van der Waals surface area contributed by atoms with Crippen LogP contribution in [0.5, 0.6) is 0 Å². The molecule has 22 heavy (non-hydrogen) atoms. The van der Waals surface area contributed by atoms with Gasteiger partial charge in [0.05, 0.1) is 5.57 Å². The van der Waals surface area contributed by atoms with Crippen LogP contribution in [0.1, 0.15) is 50.7 Å². The molecule has 1 aromatic rings. The lowest BCUT2D eigenvalue weighted by molar-refractivity contribution is -0.125. The summed E-state index contributed by atoms with van der Waals surface area (Å²) >= 11 is 0. The Hall–Kier alpha value is -1.77. The van der Waals surface area contributed by atoms with Crippen molar-refractivity contribution in [1.82, 2.24) is 9.80 Å². The smallest absolute Gasteiger partial charge is 0.255 e. The molecule has 2 rings (SSSR count). The lowest BCUT2D eigenvalue weighted by atomic mass is 9.96. The van der Waals surface area contributed by atoms with E-state index < -0.39 is 0 Å². The summed E-state index contributed by atoms with van der Waals surface area (Å²) in [5.41, 5.74) is 3.18. The topological polar surface area (TPSA) is 23.6 Å². The molecule has 0 saturated carbocycles. The van der Waals surface area contributed by atoms with Crippen LogP contribution >= 0.6 is 0 Å². The molecule has 1 amide bonds. The summed E-state index contributed by atoms with van der Waals surface area (Å²) < 4.78 is 0. The molecule has 1 aliphatic heterocycles. The third-order valence-corrected chi connectivity index (χ3v) is 4.16. The van der Waals surface area contributed by atoms with Crippen molar-refractivity contribution in [2.24, 2.45) is 0 Å². The summed E-state index contributed by atoms with van der Waals surface area (Å²) in [6.07, 6.45) is 6.38. The van der Waals surface area contributed by atoms with Gasteiger partial charge in [0.25, 0.3) is 5.91 Å². The zero-order valence-corrected chi connectivity index (χ0v) is 14.1. The average molecular weight is 300 g/mol. The van der Waals surface area contributed by atoms with Gasteiger partial charge >= 0.3 is 0 Å². The highest BCUT2D eigenvalue weighted by Crippen LogP contribution is 2.27. The SMILES string of the molecule is CCCCN(CCCC)C(=O)C1=CN(C)Cc2ccccc21. The molecule has 0 radical (unpaired) electrons. The normalized spacial score (nSPS) is 13.6. The Balaban J connectivity index is 2.24. The first kappa shape index (κ1) is 16.6. The Kier molecular flexibility index (Phi) is 6.05. The molecule has 0 aromatic heterocycles. The standard InChI is InChI=1S/C19H28N2O/c1-4-6-12-21(13-7-5-2)19(22)18-15-20(3)14-16-10-8-9-11-17(16)18/h8-11,15H,4-7,12-14H2,1-3H3. The largest absolute Gasteiger partial charge is 0.375 e. The lowest BCUT2D eigenvalue weighted by Gasteiger charge is -2.29. The fourth-order valence-corrected chi connectivity index (χ4v) is 2.88. The summed E-state index contributed by atoms with van der Waals surface area (Å²) in [6, 6.07) is 8.26. The summed E-state index contributed by atoms with van der Waals surface area (Å²) in [5.74, 6) is 0.181. The molecule has 3 nitrogen and oxygen atoms in total. The number of nitrogens with zero attached hydrogens (tertiary/aromatic N) is 2. The molecule has 0 saturated heterocycles. The third-order valence-electron chi connectivity index (χ3n) is 4.16. The monoisotopic (exact) mass is 300 g/mol. The van der Waals surface area contributed by atoms with Gasteiger partial charge in [-0.2, -0.15) is 0 Å². The molecule has 1 aromatic carbocycles. The van der Waals surface area contributed by atoms with E-state index in [1.54, 1.807) is 0 Å². The summed E-state index contributed by atoms with van der Waals surface area (Å²) in [4.78, 5) is 17.2. The van der Waals surface area contributed by atoms with E-state index >= 15 is 0 Å². The van der Waals surface area contributed by atoms with Gasteiger partial charge in [-0.25, -0.2) is 0 Å². The summed E-state index contributed by atoms with van der Waals surface area (Å²) in [7, 11) is 2.03. The molecular weight excluding hydrogens is 272 g/mol.